The van der Waals surface area contributed by atoms with E-state index in [1.807, 2.05) is 38.2 Å². The second-order valence-corrected chi connectivity index (χ2v) is 8.29. The van der Waals surface area contributed by atoms with E-state index >= 15 is 0 Å². The number of benzene rings is 1. The van der Waals surface area contributed by atoms with Gasteiger partial charge < -0.3 is 19.3 Å². The average molecular weight is 417 g/mol. The minimum absolute atomic E-state index is 0.0566. The number of rotatable bonds is 3. The highest BCUT2D eigenvalue weighted by Gasteiger charge is 2.34. The van der Waals surface area contributed by atoms with E-state index in [1.54, 1.807) is 6.20 Å². The highest BCUT2D eigenvalue weighted by atomic mass is 16.5. The van der Waals surface area contributed by atoms with Gasteiger partial charge in [0.15, 0.2) is 5.75 Å². The number of β-amino-alcohol motifs (C(OH)–C–C–N with tert-alkyl or cyclic N) is 1. The van der Waals surface area contributed by atoms with Crippen molar-refractivity contribution in [3.63, 3.8) is 0 Å². The monoisotopic (exact) mass is 417 g/mol. The fraction of sp³-hybridized carbons (Fsp3) is 0.348. The van der Waals surface area contributed by atoms with Crippen LogP contribution in [0.1, 0.15) is 29.5 Å². The second kappa shape index (κ2) is 6.81. The molecule has 2 atom stereocenters. The van der Waals surface area contributed by atoms with Gasteiger partial charge in [-0.05, 0) is 44.0 Å². The molecular formula is C23H23N5O3. The van der Waals surface area contributed by atoms with Crippen molar-refractivity contribution in [3.8, 4) is 16.9 Å². The number of pyridine rings is 1. The van der Waals surface area contributed by atoms with Crippen LogP contribution in [0.4, 0.5) is 5.95 Å². The quantitative estimate of drug-likeness (QED) is 0.547. The molecule has 31 heavy (non-hydrogen) atoms. The van der Waals surface area contributed by atoms with E-state index < -0.39 is 0 Å². The molecule has 1 aromatic carbocycles. The van der Waals surface area contributed by atoms with E-state index in [-0.39, 0.29) is 12.1 Å². The third kappa shape index (κ3) is 2.75. The lowest BCUT2D eigenvalue weighted by Crippen LogP contribution is -2.30. The zero-order valence-corrected chi connectivity index (χ0v) is 17.4. The summed E-state index contributed by atoms with van der Waals surface area (Å²) in [5, 5.41) is 14.3. The minimum atomic E-state index is -0.332. The van der Waals surface area contributed by atoms with Crippen LogP contribution in [0.25, 0.3) is 22.2 Å². The predicted molar refractivity (Wildman–Crippen MR) is 115 cm³/mol. The van der Waals surface area contributed by atoms with Crippen LogP contribution in [-0.2, 0) is 0 Å². The first-order valence-corrected chi connectivity index (χ1v) is 10.6. The van der Waals surface area contributed by atoms with Gasteiger partial charge >= 0.3 is 0 Å². The molecule has 2 aliphatic rings. The fourth-order valence-electron chi connectivity index (χ4n) is 4.85. The van der Waals surface area contributed by atoms with Crippen LogP contribution in [0, 0.1) is 13.8 Å². The molecule has 4 aromatic rings. The summed E-state index contributed by atoms with van der Waals surface area (Å²) in [6, 6.07) is 8.02. The van der Waals surface area contributed by atoms with Gasteiger partial charge in [-0.25, -0.2) is 4.98 Å². The summed E-state index contributed by atoms with van der Waals surface area (Å²) in [7, 11) is 0. The number of aliphatic hydroxyl groups excluding tert-OH is 1. The van der Waals surface area contributed by atoms with Crippen molar-refractivity contribution in [1.29, 1.82) is 0 Å². The lowest BCUT2D eigenvalue weighted by atomic mass is 10.0. The Kier molecular flexibility index (Phi) is 4.04. The maximum absolute atomic E-state index is 10.2. The normalized spacial score (nSPS) is 20.4. The Morgan fingerprint density at radius 3 is 2.81 bits per heavy atom. The van der Waals surface area contributed by atoms with Gasteiger partial charge in [0.2, 0.25) is 5.95 Å². The van der Waals surface area contributed by atoms with E-state index in [9.17, 15) is 5.11 Å². The molecule has 0 saturated carbocycles. The van der Waals surface area contributed by atoms with Crippen LogP contribution >= 0.6 is 0 Å². The van der Waals surface area contributed by atoms with E-state index in [2.05, 4.69) is 25.7 Å². The lowest BCUT2D eigenvalue weighted by molar-refractivity contribution is 0.198. The van der Waals surface area contributed by atoms with Gasteiger partial charge in [-0.15, -0.1) is 0 Å². The molecule has 0 unspecified atom stereocenters. The number of aromatic nitrogens is 4. The number of aliphatic hydroxyl groups is 1. The molecule has 8 nitrogen and oxygen atoms in total. The number of ether oxygens (including phenoxy) is 1. The standard InChI is InChI=1S/C23H23N5O3/c1-13-20(14(2)31-26-13)17-5-6-18-21-22(17)30-12-19(15-4-3-8-24-10-15)28(21)23(25-18)27-9-7-16(29)11-27/h3-6,8,10,16,19,29H,7,9,11-12H2,1-2H3/t16-,19-/m1/s1. The number of nitrogens with zero attached hydrogens (tertiary/aromatic N) is 5. The van der Waals surface area contributed by atoms with Gasteiger partial charge in [0.05, 0.1) is 28.9 Å². The number of hydrogen-bond donors (Lipinski definition) is 1. The van der Waals surface area contributed by atoms with Crippen molar-refractivity contribution in [2.24, 2.45) is 0 Å². The molecule has 1 fully saturated rings. The van der Waals surface area contributed by atoms with Crippen LogP contribution < -0.4 is 9.64 Å². The van der Waals surface area contributed by atoms with E-state index in [1.165, 1.54) is 0 Å². The van der Waals surface area contributed by atoms with Crippen LogP contribution in [0.3, 0.4) is 0 Å². The van der Waals surface area contributed by atoms with Crippen LogP contribution in [0.15, 0.2) is 41.2 Å². The molecule has 0 radical (unpaired) electrons. The van der Waals surface area contributed by atoms with Crippen molar-refractivity contribution in [1.82, 2.24) is 19.7 Å². The largest absolute Gasteiger partial charge is 0.488 e. The third-order valence-corrected chi connectivity index (χ3v) is 6.30. The van der Waals surface area contributed by atoms with Gasteiger partial charge in [0.25, 0.3) is 0 Å². The van der Waals surface area contributed by atoms with Crippen molar-refractivity contribution in [3.05, 3.63) is 53.7 Å². The molecule has 1 saturated heterocycles. The summed E-state index contributed by atoms with van der Waals surface area (Å²) in [6.45, 7) is 5.68. The first-order valence-electron chi connectivity index (χ1n) is 10.6. The number of anilines is 1. The third-order valence-electron chi connectivity index (χ3n) is 6.30. The Morgan fingerprint density at radius 2 is 2.10 bits per heavy atom. The van der Waals surface area contributed by atoms with Crippen molar-refractivity contribution < 1.29 is 14.4 Å². The summed E-state index contributed by atoms with van der Waals surface area (Å²) in [4.78, 5) is 11.5. The van der Waals surface area contributed by atoms with Crippen molar-refractivity contribution in [2.45, 2.75) is 32.4 Å². The summed E-state index contributed by atoms with van der Waals surface area (Å²) in [5.41, 5.74) is 5.64. The van der Waals surface area contributed by atoms with Crippen molar-refractivity contribution >= 4 is 17.0 Å². The van der Waals surface area contributed by atoms with E-state index in [4.69, 9.17) is 14.2 Å². The first kappa shape index (κ1) is 18.4. The smallest absolute Gasteiger partial charge is 0.207 e. The Morgan fingerprint density at radius 1 is 1.19 bits per heavy atom. The summed E-state index contributed by atoms with van der Waals surface area (Å²) in [5.74, 6) is 2.42. The molecule has 8 heteroatoms. The van der Waals surface area contributed by atoms with Gasteiger partial charge in [-0.3, -0.25) is 9.55 Å². The Bertz CT molecular complexity index is 1260. The first-order chi connectivity index (χ1) is 15.1. The molecule has 0 aliphatic carbocycles. The van der Waals surface area contributed by atoms with Crippen LogP contribution in [0.2, 0.25) is 0 Å². The summed E-state index contributed by atoms with van der Waals surface area (Å²) >= 11 is 0. The molecule has 158 valence electrons. The molecule has 0 bridgehead atoms. The Balaban J connectivity index is 1.62. The topological polar surface area (TPSA) is 89.4 Å². The fourth-order valence-corrected chi connectivity index (χ4v) is 4.85. The zero-order valence-electron chi connectivity index (χ0n) is 17.4. The lowest BCUT2D eigenvalue weighted by Gasteiger charge is -2.30. The molecule has 0 amide bonds. The Hall–Kier alpha value is -3.39. The van der Waals surface area contributed by atoms with Gasteiger partial charge in [0, 0.05) is 31.0 Å². The maximum atomic E-state index is 10.2. The molecule has 5 heterocycles. The van der Waals surface area contributed by atoms with Crippen LogP contribution in [0.5, 0.6) is 5.75 Å². The number of imidazole rings is 1. The minimum Gasteiger partial charge on any atom is -0.488 e. The zero-order chi connectivity index (χ0) is 21.1. The molecular weight excluding hydrogens is 394 g/mol. The van der Waals surface area contributed by atoms with Crippen LogP contribution in [-0.4, -0.2) is 50.6 Å². The molecule has 1 N–H and O–H groups in total. The van der Waals surface area contributed by atoms with Crippen molar-refractivity contribution in [2.75, 3.05) is 24.6 Å². The highest BCUT2D eigenvalue weighted by Crippen LogP contribution is 2.46. The van der Waals surface area contributed by atoms with E-state index in [0.29, 0.717) is 13.2 Å². The molecule has 3 aromatic heterocycles. The molecule has 2 aliphatic heterocycles. The number of aryl methyl sites for hydroxylation is 2. The van der Waals surface area contributed by atoms with E-state index in [0.717, 1.165) is 63.8 Å². The maximum Gasteiger partial charge on any atom is 0.207 e. The molecule has 6 rings (SSSR count). The van der Waals surface area contributed by atoms with Gasteiger partial charge in [-0.1, -0.05) is 11.2 Å². The van der Waals surface area contributed by atoms with Gasteiger partial charge in [0.1, 0.15) is 17.9 Å². The SMILES string of the molecule is Cc1noc(C)c1-c1ccc2nc(N3CC[C@@H](O)C3)n3c2c1OC[C@@H]3c1cccnc1. The molecule has 0 spiro atoms. The summed E-state index contributed by atoms with van der Waals surface area (Å²) in [6.07, 6.45) is 4.07. The number of hydrogen-bond acceptors (Lipinski definition) is 7. The van der Waals surface area contributed by atoms with Gasteiger partial charge in [-0.2, -0.15) is 0 Å². The Labute approximate surface area is 179 Å². The predicted octanol–water partition coefficient (Wildman–Crippen LogP) is 3.26. The average Bonchev–Trinajstić information content (AvgIpc) is 3.48. The second-order valence-electron chi connectivity index (χ2n) is 8.29. The summed E-state index contributed by atoms with van der Waals surface area (Å²) < 4.78 is 14.1. The highest BCUT2D eigenvalue weighted by molar-refractivity contribution is 5.94.